The fourth-order valence-electron chi connectivity index (χ4n) is 2.00. The maximum absolute atomic E-state index is 11.4. The van der Waals surface area contributed by atoms with Gasteiger partial charge in [0.2, 0.25) is 5.91 Å². The zero-order valence-electron chi connectivity index (χ0n) is 7.73. The number of rotatable bonds is 1. The van der Waals surface area contributed by atoms with Gasteiger partial charge in [-0.25, -0.2) is 4.98 Å². The molecule has 1 atom stereocenters. The second-order valence-electron chi connectivity index (χ2n) is 3.44. The van der Waals surface area contributed by atoms with Crippen LogP contribution in [0.1, 0.15) is 17.2 Å². The Bertz CT molecular complexity index is 547. The normalized spacial score (nSPS) is 17.2. The van der Waals surface area contributed by atoms with Crippen molar-refractivity contribution in [2.45, 2.75) is 5.92 Å². The number of benzene rings is 1. The van der Waals surface area contributed by atoms with E-state index in [9.17, 15) is 4.79 Å². The molecule has 0 unspecified atom stereocenters. The quantitative estimate of drug-likeness (QED) is 0.784. The van der Waals surface area contributed by atoms with E-state index >= 15 is 0 Å². The number of carbonyl (C=O) groups excluding carboxylic acids is 1. The number of carbonyl (C=O) groups is 1. The van der Waals surface area contributed by atoms with Crippen molar-refractivity contribution in [2.75, 3.05) is 0 Å². The van der Waals surface area contributed by atoms with Gasteiger partial charge in [0, 0.05) is 0 Å². The third-order valence-corrected chi connectivity index (χ3v) is 3.44. The first-order chi connectivity index (χ1) is 7.29. The lowest BCUT2D eigenvalue weighted by Gasteiger charge is -2.06. The second-order valence-corrected chi connectivity index (χ2v) is 4.24. The van der Waals surface area contributed by atoms with Gasteiger partial charge >= 0.3 is 0 Å². The van der Waals surface area contributed by atoms with Gasteiger partial charge in [-0.15, -0.1) is 11.3 Å². The Balaban J connectivity index is 2.33. The third-order valence-electron chi connectivity index (χ3n) is 2.62. The summed E-state index contributed by atoms with van der Waals surface area (Å²) in [5.74, 6) is -0.737. The van der Waals surface area contributed by atoms with E-state index < -0.39 is 5.92 Å². The Morgan fingerprint density at radius 2 is 2.27 bits per heavy atom. The molecule has 1 aliphatic rings. The van der Waals surface area contributed by atoms with Crippen LogP contribution in [0.15, 0.2) is 24.3 Å². The molecule has 1 radical (unpaired) electrons. The van der Waals surface area contributed by atoms with Crippen LogP contribution >= 0.6 is 11.3 Å². The summed E-state index contributed by atoms with van der Waals surface area (Å²) in [6.07, 6.45) is 0. The molecular formula is C11H7N2OS. The van der Waals surface area contributed by atoms with Gasteiger partial charge in [-0.3, -0.25) is 4.79 Å². The van der Waals surface area contributed by atoms with E-state index in [1.165, 1.54) is 11.3 Å². The van der Waals surface area contributed by atoms with Gasteiger partial charge in [-0.1, -0.05) is 24.3 Å². The highest BCUT2D eigenvalue weighted by atomic mass is 32.1. The van der Waals surface area contributed by atoms with Crippen molar-refractivity contribution in [3.05, 3.63) is 41.0 Å². The molecule has 0 aliphatic heterocycles. The molecule has 1 amide bonds. The largest absolute Gasteiger partial charge is 0.369 e. The summed E-state index contributed by atoms with van der Waals surface area (Å²) in [4.78, 5) is 16.5. The predicted octanol–water partition coefficient (Wildman–Crippen LogP) is 1.54. The predicted molar refractivity (Wildman–Crippen MR) is 57.4 cm³/mol. The molecule has 3 rings (SSSR count). The SMILES string of the molecule is NC(=O)[C@H]1c2ccccc2-c2s[c]nc21. The van der Waals surface area contributed by atoms with E-state index in [1.54, 1.807) is 0 Å². The molecule has 2 aromatic rings. The topological polar surface area (TPSA) is 56.0 Å². The van der Waals surface area contributed by atoms with E-state index in [4.69, 9.17) is 5.73 Å². The molecule has 0 spiro atoms. The van der Waals surface area contributed by atoms with Crippen LogP contribution in [0, 0.1) is 5.51 Å². The van der Waals surface area contributed by atoms with E-state index in [0.29, 0.717) is 0 Å². The Labute approximate surface area is 90.6 Å². The summed E-state index contributed by atoms with van der Waals surface area (Å²) in [6.45, 7) is 0. The van der Waals surface area contributed by atoms with Crippen molar-refractivity contribution in [2.24, 2.45) is 5.73 Å². The van der Waals surface area contributed by atoms with Crippen LogP contribution in [0.3, 0.4) is 0 Å². The molecule has 0 saturated carbocycles. The third kappa shape index (κ3) is 1.05. The van der Waals surface area contributed by atoms with Crippen LogP contribution in [0.2, 0.25) is 0 Å². The fraction of sp³-hybridized carbons (Fsp3) is 0.0909. The molecule has 0 bridgehead atoms. The van der Waals surface area contributed by atoms with Gasteiger partial charge < -0.3 is 5.73 Å². The van der Waals surface area contributed by atoms with Crippen molar-refractivity contribution in [1.29, 1.82) is 0 Å². The van der Waals surface area contributed by atoms with Crippen LogP contribution in [-0.4, -0.2) is 10.9 Å². The second kappa shape index (κ2) is 2.90. The van der Waals surface area contributed by atoms with Gasteiger partial charge in [0.05, 0.1) is 10.6 Å². The highest BCUT2D eigenvalue weighted by Crippen LogP contribution is 2.45. The van der Waals surface area contributed by atoms with Crippen LogP contribution in [0.4, 0.5) is 0 Å². The average Bonchev–Trinajstić information content (AvgIpc) is 2.75. The van der Waals surface area contributed by atoms with Crippen molar-refractivity contribution in [3.63, 3.8) is 0 Å². The number of fused-ring (bicyclic) bond motifs is 3. The molecule has 4 heteroatoms. The van der Waals surface area contributed by atoms with Gasteiger partial charge in [0.15, 0.2) is 5.51 Å². The van der Waals surface area contributed by atoms with Crippen LogP contribution in [0.25, 0.3) is 10.4 Å². The summed E-state index contributed by atoms with van der Waals surface area (Å²) in [5.41, 5.74) is 11.0. The molecule has 0 saturated heterocycles. The summed E-state index contributed by atoms with van der Waals surface area (Å²) >= 11 is 1.43. The minimum absolute atomic E-state index is 0.347. The molecule has 1 aromatic carbocycles. The lowest BCUT2D eigenvalue weighted by atomic mass is 10.00. The van der Waals surface area contributed by atoms with Crippen LogP contribution in [0.5, 0.6) is 0 Å². The summed E-state index contributed by atoms with van der Waals surface area (Å²) < 4.78 is 0. The smallest absolute Gasteiger partial charge is 0.231 e. The Morgan fingerprint density at radius 3 is 3.07 bits per heavy atom. The fourth-order valence-corrected chi connectivity index (χ4v) is 2.80. The summed E-state index contributed by atoms with van der Waals surface area (Å²) in [7, 11) is 0. The Hall–Kier alpha value is -1.68. The highest BCUT2D eigenvalue weighted by molar-refractivity contribution is 7.13. The van der Waals surface area contributed by atoms with E-state index in [-0.39, 0.29) is 5.91 Å². The van der Waals surface area contributed by atoms with Crippen molar-refractivity contribution in [3.8, 4) is 10.4 Å². The summed E-state index contributed by atoms with van der Waals surface area (Å²) in [6, 6.07) is 7.78. The minimum Gasteiger partial charge on any atom is -0.369 e. The Morgan fingerprint density at radius 1 is 1.47 bits per heavy atom. The van der Waals surface area contributed by atoms with Crippen LogP contribution < -0.4 is 5.73 Å². The number of amides is 1. The molecule has 1 aromatic heterocycles. The standard InChI is InChI=1S/C11H7N2OS/c12-11(14)8-6-3-1-2-4-7(6)10-9(8)13-5-15-10/h1-4,8H,(H2,12,14)/t8-/m0/s1. The molecule has 15 heavy (non-hydrogen) atoms. The van der Waals surface area contributed by atoms with Crippen molar-refractivity contribution >= 4 is 17.2 Å². The van der Waals surface area contributed by atoms with Crippen molar-refractivity contribution < 1.29 is 4.79 Å². The number of nitrogens with two attached hydrogens (primary N) is 1. The monoisotopic (exact) mass is 215 g/mol. The summed E-state index contributed by atoms with van der Waals surface area (Å²) in [5, 5.41) is 0. The first kappa shape index (κ1) is 8.61. The molecule has 3 nitrogen and oxygen atoms in total. The maximum Gasteiger partial charge on any atom is 0.231 e. The highest BCUT2D eigenvalue weighted by Gasteiger charge is 2.34. The minimum atomic E-state index is -0.390. The lowest BCUT2D eigenvalue weighted by molar-refractivity contribution is -0.118. The van der Waals surface area contributed by atoms with Crippen LogP contribution in [-0.2, 0) is 4.79 Å². The molecule has 73 valence electrons. The number of aromatic nitrogens is 1. The first-order valence-corrected chi connectivity index (χ1v) is 5.36. The Kier molecular flexibility index (Phi) is 1.67. The van der Waals surface area contributed by atoms with Gasteiger partial charge in [-0.2, -0.15) is 0 Å². The zero-order valence-corrected chi connectivity index (χ0v) is 8.54. The first-order valence-electron chi connectivity index (χ1n) is 4.54. The van der Waals surface area contributed by atoms with Crippen molar-refractivity contribution in [1.82, 2.24) is 4.98 Å². The van der Waals surface area contributed by atoms with Gasteiger partial charge in [-0.05, 0) is 11.1 Å². The molecular weight excluding hydrogens is 208 g/mol. The van der Waals surface area contributed by atoms with Gasteiger partial charge in [0.1, 0.15) is 5.92 Å². The zero-order chi connectivity index (χ0) is 10.4. The average molecular weight is 215 g/mol. The maximum atomic E-state index is 11.4. The molecule has 1 heterocycles. The molecule has 2 N–H and O–H groups in total. The molecule has 1 aliphatic carbocycles. The number of thiazole rings is 1. The van der Waals surface area contributed by atoms with Gasteiger partial charge in [0.25, 0.3) is 0 Å². The number of hydrogen-bond donors (Lipinski definition) is 1. The van der Waals surface area contributed by atoms with E-state index in [0.717, 1.165) is 21.7 Å². The lowest BCUT2D eigenvalue weighted by Crippen LogP contribution is -2.20. The number of primary amides is 1. The molecule has 0 fully saturated rings. The van der Waals surface area contributed by atoms with E-state index in [1.807, 2.05) is 24.3 Å². The number of nitrogens with zero attached hydrogens (tertiary/aromatic N) is 1. The number of hydrogen-bond acceptors (Lipinski definition) is 3. The van der Waals surface area contributed by atoms with E-state index in [2.05, 4.69) is 10.5 Å².